The highest BCUT2D eigenvalue weighted by molar-refractivity contribution is 5.78. The third-order valence-electron chi connectivity index (χ3n) is 5.31. The van der Waals surface area contributed by atoms with Crippen LogP contribution in [0.25, 0.3) is 0 Å². The van der Waals surface area contributed by atoms with E-state index in [1.807, 2.05) is 9.80 Å². The van der Waals surface area contributed by atoms with Crippen LogP contribution in [-0.2, 0) is 11.3 Å². The van der Waals surface area contributed by atoms with Crippen molar-refractivity contribution in [3.05, 3.63) is 59.7 Å². The monoisotopic (exact) mass is 402 g/mol. The highest BCUT2D eigenvalue weighted by atomic mass is 19.1. The molecule has 1 heterocycles. The second kappa shape index (κ2) is 8.37. The second-order valence-corrected chi connectivity index (χ2v) is 7.64. The van der Waals surface area contributed by atoms with Crippen molar-refractivity contribution in [2.45, 2.75) is 38.0 Å². The number of rotatable bonds is 6. The number of carbonyl (C=O) groups is 1. The Kier molecular flexibility index (Phi) is 5.67. The number of ether oxygens (including phenoxy) is 1. The maximum absolute atomic E-state index is 13.9. The number of aliphatic hydroxyl groups excluding tert-OH is 1. The van der Waals surface area contributed by atoms with Gasteiger partial charge in [-0.2, -0.15) is 0 Å². The Hall–Kier alpha value is -2.67. The molecule has 1 fully saturated rings. The number of amides is 1. The van der Waals surface area contributed by atoms with Crippen LogP contribution < -0.4 is 9.64 Å². The predicted octanol–water partition coefficient (Wildman–Crippen LogP) is 3.11. The molecule has 0 aromatic heterocycles. The first-order valence-electron chi connectivity index (χ1n) is 9.89. The number of fused-ring (bicyclic) bond motifs is 1. The number of hydrogen-bond acceptors (Lipinski definition) is 4. The largest absolute Gasteiger partial charge is 0.491 e. The van der Waals surface area contributed by atoms with Crippen molar-refractivity contribution in [3.8, 4) is 5.75 Å². The van der Waals surface area contributed by atoms with Gasteiger partial charge >= 0.3 is 0 Å². The quantitative estimate of drug-likeness (QED) is 0.807. The summed E-state index contributed by atoms with van der Waals surface area (Å²) in [6, 6.07) is 10.4. The minimum absolute atomic E-state index is 0.0286. The van der Waals surface area contributed by atoms with Gasteiger partial charge in [-0.25, -0.2) is 8.78 Å². The van der Waals surface area contributed by atoms with E-state index in [1.54, 1.807) is 6.07 Å². The number of anilines is 1. The van der Waals surface area contributed by atoms with Gasteiger partial charge in [-0.15, -0.1) is 0 Å². The molecule has 1 amide bonds. The molecule has 7 heteroatoms. The molecule has 5 nitrogen and oxygen atoms in total. The molecule has 0 saturated heterocycles. The lowest BCUT2D eigenvalue weighted by Crippen LogP contribution is -2.42. The SMILES string of the molecule is O=C1CCN(CC(O)COc2ccc(F)cc2)c2ccc(F)cc2CN1C1CC1. The number of carbonyl (C=O) groups excluding carboxylic acids is 1. The Balaban J connectivity index is 1.46. The van der Waals surface area contributed by atoms with E-state index in [0.29, 0.717) is 25.3 Å². The number of hydrogen-bond donors (Lipinski definition) is 1. The fourth-order valence-corrected chi connectivity index (χ4v) is 3.69. The molecule has 29 heavy (non-hydrogen) atoms. The third kappa shape index (κ3) is 4.85. The zero-order chi connectivity index (χ0) is 20.4. The van der Waals surface area contributed by atoms with Crippen LogP contribution >= 0.6 is 0 Å². The summed E-state index contributed by atoms with van der Waals surface area (Å²) in [5.74, 6) is -0.166. The molecule has 2 aromatic rings. The van der Waals surface area contributed by atoms with Gasteiger partial charge in [0.05, 0.1) is 0 Å². The number of β-amino-alcohol motifs (C(OH)–C–C–N with tert-alkyl or cyclic N) is 1. The third-order valence-corrected chi connectivity index (χ3v) is 5.31. The molecule has 1 atom stereocenters. The fraction of sp³-hybridized carbons (Fsp3) is 0.409. The zero-order valence-electron chi connectivity index (χ0n) is 16.1. The van der Waals surface area contributed by atoms with Gasteiger partial charge in [-0.1, -0.05) is 0 Å². The molecule has 2 aromatic carbocycles. The Morgan fingerprint density at radius 2 is 1.83 bits per heavy atom. The Labute approximate surface area is 168 Å². The first kappa shape index (κ1) is 19.6. The van der Waals surface area contributed by atoms with E-state index in [9.17, 15) is 18.7 Å². The van der Waals surface area contributed by atoms with Crippen molar-refractivity contribution in [1.29, 1.82) is 0 Å². The Morgan fingerprint density at radius 3 is 2.55 bits per heavy atom. The lowest BCUT2D eigenvalue weighted by molar-refractivity contribution is -0.132. The van der Waals surface area contributed by atoms with Gasteiger partial charge in [0.15, 0.2) is 0 Å². The minimum atomic E-state index is -0.827. The zero-order valence-corrected chi connectivity index (χ0v) is 16.1. The van der Waals surface area contributed by atoms with Crippen LogP contribution in [0.1, 0.15) is 24.8 Å². The first-order chi connectivity index (χ1) is 14.0. The first-order valence-corrected chi connectivity index (χ1v) is 9.89. The highest BCUT2D eigenvalue weighted by Crippen LogP contribution is 2.33. The summed E-state index contributed by atoms with van der Waals surface area (Å²) in [6.45, 7) is 1.10. The number of nitrogens with zero attached hydrogens (tertiary/aromatic N) is 2. The highest BCUT2D eigenvalue weighted by Gasteiger charge is 2.34. The molecule has 1 aliphatic carbocycles. The van der Waals surface area contributed by atoms with E-state index in [1.165, 1.54) is 36.4 Å². The molecule has 0 radical (unpaired) electrons. The lowest BCUT2D eigenvalue weighted by Gasteiger charge is -2.34. The number of halogens is 2. The number of aliphatic hydroxyl groups is 1. The van der Waals surface area contributed by atoms with E-state index in [-0.39, 0.29) is 36.7 Å². The van der Waals surface area contributed by atoms with Crippen molar-refractivity contribution in [3.63, 3.8) is 0 Å². The molecule has 4 rings (SSSR count). The summed E-state index contributed by atoms with van der Waals surface area (Å²) in [5, 5.41) is 10.5. The summed E-state index contributed by atoms with van der Waals surface area (Å²) >= 11 is 0. The van der Waals surface area contributed by atoms with Gasteiger partial charge in [-0.05, 0) is 60.9 Å². The predicted molar refractivity (Wildman–Crippen MR) is 105 cm³/mol. The lowest BCUT2D eigenvalue weighted by atomic mass is 10.1. The molecule has 1 N–H and O–H groups in total. The maximum Gasteiger partial charge on any atom is 0.224 e. The fourth-order valence-electron chi connectivity index (χ4n) is 3.69. The van der Waals surface area contributed by atoms with Gasteiger partial charge in [-0.3, -0.25) is 4.79 Å². The van der Waals surface area contributed by atoms with E-state index in [4.69, 9.17) is 4.74 Å². The van der Waals surface area contributed by atoms with Gasteiger partial charge in [0.1, 0.15) is 30.1 Å². The van der Waals surface area contributed by atoms with Crippen molar-refractivity contribution in [2.75, 3.05) is 24.6 Å². The van der Waals surface area contributed by atoms with Crippen LogP contribution in [0.5, 0.6) is 5.75 Å². The van der Waals surface area contributed by atoms with E-state index >= 15 is 0 Å². The summed E-state index contributed by atoms with van der Waals surface area (Å²) in [5.41, 5.74) is 1.57. The summed E-state index contributed by atoms with van der Waals surface area (Å²) in [7, 11) is 0. The van der Waals surface area contributed by atoms with Crippen molar-refractivity contribution >= 4 is 11.6 Å². The molecule has 154 valence electrons. The van der Waals surface area contributed by atoms with Gasteiger partial charge in [0, 0.05) is 37.8 Å². The summed E-state index contributed by atoms with van der Waals surface area (Å²) in [6.07, 6.45) is 1.52. The average Bonchev–Trinajstić information content (AvgIpc) is 3.53. The minimum Gasteiger partial charge on any atom is -0.491 e. The summed E-state index contributed by atoms with van der Waals surface area (Å²) in [4.78, 5) is 16.4. The smallest absolute Gasteiger partial charge is 0.224 e. The molecule has 0 bridgehead atoms. The second-order valence-electron chi connectivity index (χ2n) is 7.64. The Morgan fingerprint density at radius 1 is 1.10 bits per heavy atom. The van der Waals surface area contributed by atoms with Crippen LogP contribution in [0.3, 0.4) is 0 Å². The van der Waals surface area contributed by atoms with Crippen LogP contribution in [0.15, 0.2) is 42.5 Å². The summed E-state index contributed by atoms with van der Waals surface area (Å²) < 4.78 is 32.4. The number of benzene rings is 2. The van der Waals surface area contributed by atoms with Crippen LogP contribution in [0, 0.1) is 11.6 Å². The maximum atomic E-state index is 13.9. The molecule has 1 unspecified atom stereocenters. The van der Waals surface area contributed by atoms with Crippen molar-refractivity contribution < 1.29 is 23.4 Å². The van der Waals surface area contributed by atoms with Crippen molar-refractivity contribution in [2.24, 2.45) is 0 Å². The molecule has 0 spiro atoms. The molecular weight excluding hydrogens is 378 g/mol. The van der Waals surface area contributed by atoms with Crippen molar-refractivity contribution in [1.82, 2.24) is 4.90 Å². The topological polar surface area (TPSA) is 53.0 Å². The normalized spacial score (nSPS) is 18.1. The standard InChI is InChI=1S/C22H24F2N2O3/c23-16-1-6-20(7-2-16)29-14-19(27)13-25-10-9-22(28)26(18-4-5-18)12-15-11-17(24)3-8-21(15)25/h1-3,6-8,11,18-19,27H,4-5,9-10,12-14H2. The van der Waals surface area contributed by atoms with E-state index in [2.05, 4.69) is 0 Å². The Bertz CT molecular complexity index is 871. The molecule has 2 aliphatic rings. The average molecular weight is 402 g/mol. The van der Waals surface area contributed by atoms with E-state index in [0.717, 1.165) is 24.1 Å². The molecule has 1 aliphatic heterocycles. The van der Waals surface area contributed by atoms with Crippen LogP contribution in [0.4, 0.5) is 14.5 Å². The van der Waals surface area contributed by atoms with Gasteiger partial charge < -0.3 is 19.6 Å². The van der Waals surface area contributed by atoms with Crippen LogP contribution in [-0.4, -0.2) is 47.8 Å². The van der Waals surface area contributed by atoms with E-state index < -0.39 is 6.10 Å². The van der Waals surface area contributed by atoms with Gasteiger partial charge in [0.2, 0.25) is 5.91 Å². The molecular formula is C22H24F2N2O3. The van der Waals surface area contributed by atoms with Gasteiger partial charge in [0.25, 0.3) is 0 Å². The van der Waals surface area contributed by atoms with Crippen LogP contribution in [0.2, 0.25) is 0 Å². The molecule has 1 saturated carbocycles.